The van der Waals surface area contributed by atoms with Gasteiger partial charge in [0, 0.05) is 13.1 Å². The molecule has 0 saturated carbocycles. The second-order valence-electron chi connectivity index (χ2n) is 6.81. The van der Waals surface area contributed by atoms with Gasteiger partial charge in [-0.15, -0.1) is 0 Å². The molecule has 11 heteroatoms. The van der Waals surface area contributed by atoms with Crippen molar-refractivity contribution in [1.29, 1.82) is 0 Å². The maximum atomic E-state index is 14.5. The number of rotatable bonds is 2. The van der Waals surface area contributed by atoms with Crippen LogP contribution in [-0.2, 0) is 19.8 Å². The van der Waals surface area contributed by atoms with Gasteiger partial charge in [-0.3, -0.25) is 0 Å². The van der Waals surface area contributed by atoms with Crippen LogP contribution in [0.4, 0.5) is 13.2 Å². The van der Waals surface area contributed by atoms with Crippen LogP contribution in [0.15, 0.2) is 35.3 Å². The van der Waals surface area contributed by atoms with Crippen LogP contribution in [0.25, 0.3) is 5.69 Å². The lowest BCUT2D eigenvalue weighted by atomic mass is 9.89. The number of aliphatic imine (C=N–C) groups is 1. The minimum absolute atomic E-state index is 0.0404. The Balaban J connectivity index is 1.98. The number of fused-ring (bicyclic) bond motifs is 1. The molecule has 2 aromatic rings. The van der Waals surface area contributed by atoms with Gasteiger partial charge in [-0.1, -0.05) is 18.2 Å². The van der Waals surface area contributed by atoms with E-state index in [1.807, 2.05) is 0 Å². The van der Waals surface area contributed by atoms with Gasteiger partial charge in [-0.25, -0.2) is 14.5 Å². The highest BCUT2D eigenvalue weighted by Gasteiger charge is 2.68. The maximum absolute atomic E-state index is 14.5. The molecule has 0 spiro atoms. The third-order valence-corrected chi connectivity index (χ3v) is 5.00. The number of aryl methyl sites for hydroxylation is 1. The van der Waals surface area contributed by atoms with E-state index in [0.717, 1.165) is 7.11 Å². The lowest BCUT2D eigenvalue weighted by Gasteiger charge is -2.37. The molecule has 3 heterocycles. The summed E-state index contributed by atoms with van der Waals surface area (Å²) in [6, 6.07) is 8.21. The fourth-order valence-electron chi connectivity index (χ4n) is 3.58. The number of aromatic nitrogens is 2. The van der Waals surface area contributed by atoms with Gasteiger partial charge >= 0.3 is 12.1 Å². The average molecular weight is 424 g/mol. The van der Waals surface area contributed by atoms with Crippen molar-refractivity contribution in [1.82, 2.24) is 14.7 Å². The number of esters is 1. The molecule has 2 aliphatic rings. The van der Waals surface area contributed by atoms with Gasteiger partial charge in [0.05, 0.1) is 37.3 Å². The highest BCUT2D eigenvalue weighted by atomic mass is 19.4. The summed E-state index contributed by atoms with van der Waals surface area (Å²) in [6.07, 6.45) is -5.09. The summed E-state index contributed by atoms with van der Waals surface area (Å²) in [4.78, 5) is 17.9. The van der Waals surface area contributed by atoms with Crippen molar-refractivity contribution in [2.45, 2.75) is 18.6 Å². The van der Waals surface area contributed by atoms with Gasteiger partial charge in [-0.05, 0) is 19.1 Å². The van der Waals surface area contributed by atoms with Crippen LogP contribution in [0.2, 0.25) is 0 Å². The Morgan fingerprint density at radius 3 is 2.47 bits per heavy atom. The monoisotopic (exact) mass is 424 g/mol. The number of hydrogen-bond donors (Lipinski definition) is 0. The number of carbonyl (C=O) groups is 1. The van der Waals surface area contributed by atoms with Crippen molar-refractivity contribution in [3.63, 3.8) is 0 Å². The predicted octanol–water partition coefficient (Wildman–Crippen LogP) is 2.19. The zero-order valence-electron chi connectivity index (χ0n) is 16.3. The molecule has 160 valence electrons. The number of alkyl halides is 3. The van der Waals surface area contributed by atoms with Gasteiger partial charge in [0.1, 0.15) is 0 Å². The molecular weight excluding hydrogens is 405 g/mol. The number of methoxy groups -OCH3 is 1. The first kappa shape index (κ1) is 20.2. The average Bonchev–Trinajstić information content (AvgIpc) is 3.09. The zero-order valence-corrected chi connectivity index (χ0v) is 16.3. The van der Waals surface area contributed by atoms with E-state index in [0.29, 0.717) is 18.9 Å². The summed E-state index contributed by atoms with van der Waals surface area (Å²) in [7, 11) is 0.895. The molecule has 30 heavy (non-hydrogen) atoms. The van der Waals surface area contributed by atoms with Crippen LogP contribution in [0.3, 0.4) is 0 Å². The van der Waals surface area contributed by atoms with E-state index in [-0.39, 0.29) is 30.7 Å². The number of amidine groups is 1. The first-order chi connectivity index (χ1) is 14.3. The van der Waals surface area contributed by atoms with Crippen LogP contribution >= 0.6 is 0 Å². The number of halogens is 3. The molecule has 0 radical (unpaired) electrons. The maximum Gasteiger partial charge on any atom is 0.429 e. The number of para-hydroxylation sites is 1. The van der Waals surface area contributed by atoms with Crippen LogP contribution in [0, 0.1) is 6.92 Å². The first-order valence-corrected chi connectivity index (χ1v) is 9.20. The molecule has 0 bridgehead atoms. The fraction of sp³-hybridized carbons (Fsp3) is 0.421. The molecule has 2 aliphatic heterocycles. The van der Waals surface area contributed by atoms with Crippen molar-refractivity contribution in [2.75, 3.05) is 33.4 Å². The van der Waals surface area contributed by atoms with Gasteiger partial charge in [0.25, 0.3) is 11.6 Å². The number of carbonyl (C=O) groups excluding carboxylic acids is 1. The summed E-state index contributed by atoms with van der Waals surface area (Å²) in [5.74, 6) is -1.78. The molecule has 0 N–H and O–H groups in total. The zero-order chi connectivity index (χ0) is 21.5. The van der Waals surface area contributed by atoms with Crippen LogP contribution in [0.5, 0.6) is 5.88 Å². The topological polar surface area (TPSA) is 78.2 Å². The predicted molar refractivity (Wildman–Crippen MR) is 98.5 cm³/mol. The third-order valence-electron chi connectivity index (χ3n) is 5.00. The molecule has 0 aliphatic carbocycles. The lowest BCUT2D eigenvalue weighted by molar-refractivity contribution is -0.207. The van der Waals surface area contributed by atoms with Crippen molar-refractivity contribution in [3.8, 4) is 11.6 Å². The van der Waals surface area contributed by atoms with E-state index in [1.54, 1.807) is 30.3 Å². The summed E-state index contributed by atoms with van der Waals surface area (Å²) < 4.78 is 60.4. The molecule has 1 atom stereocenters. The van der Waals surface area contributed by atoms with Gasteiger partial charge in [0.2, 0.25) is 5.88 Å². The van der Waals surface area contributed by atoms with E-state index in [9.17, 15) is 18.0 Å². The Morgan fingerprint density at radius 1 is 1.20 bits per heavy atom. The largest absolute Gasteiger partial charge is 0.467 e. The summed E-state index contributed by atoms with van der Waals surface area (Å²) in [6.45, 7) is 2.50. The summed E-state index contributed by atoms with van der Waals surface area (Å²) in [5.41, 5.74) is -3.34. The van der Waals surface area contributed by atoms with Crippen molar-refractivity contribution < 1.29 is 32.2 Å². The van der Waals surface area contributed by atoms with Crippen molar-refractivity contribution in [2.24, 2.45) is 4.99 Å². The van der Waals surface area contributed by atoms with E-state index < -0.39 is 23.2 Å². The number of hydrogen-bond acceptors (Lipinski definition) is 7. The Bertz CT molecular complexity index is 984. The first-order valence-electron chi connectivity index (χ1n) is 9.20. The molecule has 1 saturated heterocycles. The van der Waals surface area contributed by atoms with Crippen LogP contribution in [0.1, 0.15) is 11.3 Å². The summed E-state index contributed by atoms with van der Waals surface area (Å²) >= 11 is 0. The minimum atomic E-state index is -5.09. The van der Waals surface area contributed by atoms with E-state index in [2.05, 4.69) is 14.8 Å². The second kappa shape index (κ2) is 7.31. The number of benzene rings is 1. The van der Waals surface area contributed by atoms with E-state index in [1.165, 1.54) is 16.5 Å². The van der Waals surface area contributed by atoms with Crippen molar-refractivity contribution >= 4 is 12.0 Å². The fourth-order valence-corrected chi connectivity index (χ4v) is 3.58. The van der Waals surface area contributed by atoms with E-state index in [4.69, 9.17) is 9.47 Å². The molecule has 1 fully saturated rings. The molecule has 0 amide bonds. The van der Waals surface area contributed by atoms with Crippen LogP contribution in [-0.4, -0.2) is 66.3 Å². The molecule has 8 nitrogen and oxygen atoms in total. The smallest absolute Gasteiger partial charge is 0.429 e. The Hall–Kier alpha value is -3.08. The Morgan fingerprint density at radius 2 is 1.87 bits per heavy atom. The SMILES string of the molecule is COC(=O)[C@@]1(C(F)(F)F)N=C(N2CCOCC2)Oc2c1c(C)nn2-c1ccccc1. The Labute approximate surface area is 169 Å². The number of nitrogens with zero attached hydrogens (tertiary/aromatic N) is 4. The second-order valence-corrected chi connectivity index (χ2v) is 6.81. The van der Waals surface area contributed by atoms with Crippen molar-refractivity contribution in [3.05, 3.63) is 41.6 Å². The summed E-state index contributed by atoms with van der Waals surface area (Å²) in [5, 5.41) is 4.23. The lowest BCUT2D eigenvalue weighted by Crippen LogP contribution is -2.54. The number of ether oxygens (including phenoxy) is 3. The molecule has 1 aromatic carbocycles. The molecule has 1 aromatic heterocycles. The molecular formula is C19H19F3N4O4. The van der Waals surface area contributed by atoms with Gasteiger partial charge < -0.3 is 19.1 Å². The number of morpholine rings is 1. The minimum Gasteiger partial charge on any atom is -0.467 e. The highest BCUT2D eigenvalue weighted by molar-refractivity contribution is 5.92. The standard InChI is InChI=1S/C19H19F3N4O4/c1-12-14-15(26(24-12)13-6-4-3-5-7-13)30-17(25-8-10-29-11-9-25)23-18(14,16(27)28-2)19(20,21)22/h3-7H,8-11H2,1-2H3/t18-/m0/s1. The highest BCUT2D eigenvalue weighted by Crippen LogP contribution is 2.51. The Kier molecular flexibility index (Phi) is 4.92. The normalized spacial score (nSPS) is 21.5. The molecule has 0 unspecified atom stereocenters. The third kappa shape index (κ3) is 3.00. The quantitative estimate of drug-likeness (QED) is 0.688. The van der Waals surface area contributed by atoms with E-state index >= 15 is 0 Å². The van der Waals surface area contributed by atoms with Gasteiger partial charge in [0.15, 0.2) is 0 Å². The van der Waals surface area contributed by atoms with Crippen LogP contribution < -0.4 is 4.74 Å². The molecule has 4 rings (SSSR count). The van der Waals surface area contributed by atoms with Gasteiger partial charge in [-0.2, -0.15) is 18.3 Å².